The van der Waals surface area contributed by atoms with Crippen LogP contribution in [0.4, 0.5) is 5.82 Å². The predicted molar refractivity (Wildman–Crippen MR) is 108 cm³/mol. The van der Waals surface area contributed by atoms with Gasteiger partial charge in [-0.05, 0) is 27.2 Å². The third-order valence-corrected chi connectivity index (χ3v) is 5.40. The highest BCUT2D eigenvalue weighted by atomic mass is 16.5. The summed E-state index contributed by atoms with van der Waals surface area (Å²) in [7, 11) is 0. The van der Waals surface area contributed by atoms with Gasteiger partial charge < -0.3 is 19.3 Å². The summed E-state index contributed by atoms with van der Waals surface area (Å²) >= 11 is 0. The molecule has 29 heavy (non-hydrogen) atoms. The standard InChI is InChI=1S/C20H25N7O2/c1-12(2)27-20(22-13(3)24-27)16-11-26-6-7-29-17-8-18(25-5-4-14(28)10-25)21-9-15(17)19(26)23-16/h8-9,11-12,14,28H,4-7,10H2,1-3H3/t14-/m1/s1. The summed E-state index contributed by atoms with van der Waals surface area (Å²) in [6.45, 7) is 8.73. The summed E-state index contributed by atoms with van der Waals surface area (Å²) in [6.07, 6.45) is 4.31. The molecule has 1 atom stereocenters. The molecule has 9 heteroatoms. The topological polar surface area (TPSA) is 94.1 Å². The number of fused-ring (bicyclic) bond motifs is 3. The molecule has 5 heterocycles. The van der Waals surface area contributed by atoms with Crippen molar-refractivity contribution in [2.45, 2.75) is 45.9 Å². The summed E-state index contributed by atoms with van der Waals surface area (Å²) in [5.74, 6) is 3.93. The molecule has 1 N–H and O–H groups in total. The number of imidazole rings is 1. The number of β-amino-alcohol motifs (C(OH)–C–C–N with tert-alkyl or cyclic N) is 1. The lowest BCUT2D eigenvalue weighted by molar-refractivity contribution is 0.198. The van der Waals surface area contributed by atoms with E-state index in [-0.39, 0.29) is 12.1 Å². The second kappa shape index (κ2) is 6.84. The van der Waals surface area contributed by atoms with Crippen LogP contribution in [0, 0.1) is 6.92 Å². The van der Waals surface area contributed by atoms with Crippen LogP contribution < -0.4 is 9.64 Å². The van der Waals surface area contributed by atoms with E-state index in [4.69, 9.17) is 9.72 Å². The maximum atomic E-state index is 9.82. The van der Waals surface area contributed by atoms with Crippen LogP contribution in [0.3, 0.4) is 0 Å². The van der Waals surface area contributed by atoms with E-state index in [1.54, 1.807) is 0 Å². The quantitative estimate of drug-likeness (QED) is 0.725. The van der Waals surface area contributed by atoms with Crippen molar-refractivity contribution in [2.24, 2.45) is 0 Å². The number of hydrogen-bond acceptors (Lipinski definition) is 7. The SMILES string of the molecule is Cc1nc(-c2cn3c(n2)-c2cnc(N4CC[C@@H](O)C4)cc2OCC3)n(C(C)C)n1. The van der Waals surface area contributed by atoms with E-state index < -0.39 is 0 Å². The molecule has 3 aromatic heterocycles. The number of pyridine rings is 1. The first-order valence-electron chi connectivity index (χ1n) is 10.1. The monoisotopic (exact) mass is 395 g/mol. The Bertz CT molecular complexity index is 1060. The van der Waals surface area contributed by atoms with Crippen molar-refractivity contribution < 1.29 is 9.84 Å². The van der Waals surface area contributed by atoms with Crippen molar-refractivity contribution >= 4 is 5.82 Å². The first-order chi connectivity index (χ1) is 14.0. The van der Waals surface area contributed by atoms with Gasteiger partial charge in [-0.25, -0.2) is 19.6 Å². The first kappa shape index (κ1) is 18.1. The molecule has 1 fully saturated rings. The minimum Gasteiger partial charge on any atom is -0.491 e. The minimum absolute atomic E-state index is 0.198. The molecular formula is C20H25N7O2. The van der Waals surface area contributed by atoms with Crippen LogP contribution in [0.2, 0.25) is 0 Å². The molecule has 9 nitrogen and oxygen atoms in total. The normalized spacial score (nSPS) is 18.5. The fourth-order valence-electron chi connectivity index (χ4n) is 3.96. The van der Waals surface area contributed by atoms with E-state index >= 15 is 0 Å². The molecule has 3 aromatic rings. The Kier molecular flexibility index (Phi) is 4.27. The van der Waals surface area contributed by atoms with Crippen molar-refractivity contribution in [3.05, 3.63) is 24.3 Å². The van der Waals surface area contributed by atoms with Crippen LogP contribution in [0.5, 0.6) is 5.75 Å². The van der Waals surface area contributed by atoms with Gasteiger partial charge in [0, 0.05) is 37.6 Å². The summed E-state index contributed by atoms with van der Waals surface area (Å²) in [5, 5.41) is 14.3. The van der Waals surface area contributed by atoms with Gasteiger partial charge in [0.15, 0.2) is 5.82 Å². The van der Waals surface area contributed by atoms with Crippen LogP contribution in [0.15, 0.2) is 18.5 Å². The maximum Gasteiger partial charge on any atom is 0.178 e. The number of aromatic nitrogens is 6. The minimum atomic E-state index is -0.292. The zero-order valence-electron chi connectivity index (χ0n) is 16.9. The summed E-state index contributed by atoms with van der Waals surface area (Å²) < 4.78 is 10.0. The van der Waals surface area contributed by atoms with E-state index in [1.165, 1.54) is 0 Å². The molecule has 0 aliphatic carbocycles. The van der Waals surface area contributed by atoms with Crippen LogP contribution >= 0.6 is 0 Å². The van der Waals surface area contributed by atoms with Gasteiger partial charge in [0.1, 0.15) is 35.5 Å². The molecule has 5 rings (SSSR count). The van der Waals surface area contributed by atoms with E-state index in [9.17, 15) is 5.11 Å². The number of hydrogen-bond donors (Lipinski definition) is 1. The van der Waals surface area contributed by atoms with Crippen molar-refractivity contribution in [2.75, 3.05) is 24.6 Å². The lowest BCUT2D eigenvalue weighted by Gasteiger charge is -2.18. The van der Waals surface area contributed by atoms with Crippen LogP contribution in [0.25, 0.3) is 22.9 Å². The zero-order chi connectivity index (χ0) is 20.1. The number of aliphatic hydroxyl groups excluding tert-OH is 1. The number of anilines is 1. The van der Waals surface area contributed by atoms with Crippen molar-refractivity contribution in [3.63, 3.8) is 0 Å². The number of ether oxygens (including phenoxy) is 1. The van der Waals surface area contributed by atoms with Gasteiger partial charge in [0.05, 0.1) is 18.2 Å². The van der Waals surface area contributed by atoms with Gasteiger partial charge in [-0.15, -0.1) is 0 Å². The number of aliphatic hydroxyl groups is 1. The molecule has 0 amide bonds. The Morgan fingerprint density at radius 3 is 2.83 bits per heavy atom. The summed E-state index contributed by atoms with van der Waals surface area (Å²) in [6, 6.07) is 2.15. The Labute approximate surface area is 169 Å². The van der Waals surface area contributed by atoms with Gasteiger partial charge in [-0.3, -0.25) is 0 Å². The summed E-state index contributed by atoms with van der Waals surface area (Å²) in [4.78, 5) is 16.2. The first-order valence-corrected chi connectivity index (χ1v) is 10.1. The predicted octanol–water partition coefficient (Wildman–Crippen LogP) is 2.06. The molecular weight excluding hydrogens is 370 g/mol. The van der Waals surface area contributed by atoms with Crippen LogP contribution in [0.1, 0.15) is 32.1 Å². The highest BCUT2D eigenvalue weighted by Crippen LogP contribution is 2.36. The van der Waals surface area contributed by atoms with Gasteiger partial charge in [-0.1, -0.05) is 0 Å². The van der Waals surface area contributed by atoms with Crippen LogP contribution in [-0.2, 0) is 6.54 Å². The molecule has 0 spiro atoms. The van der Waals surface area contributed by atoms with Gasteiger partial charge >= 0.3 is 0 Å². The van der Waals surface area contributed by atoms with E-state index in [0.717, 1.165) is 53.3 Å². The molecule has 2 aliphatic rings. The lowest BCUT2D eigenvalue weighted by atomic mass is 10.2. The highest BCUT2D eigenvalue weighted by Gasteiger charge is 2.26. The largest absolute Gasteiger partial charge is 0.491 e. The Morgan fingerprint density at radius 1 is 1.21 bits per heavy atom. The Hall–Kier alpha value is -2.94. The number of rotatable bonds is 3. The average molecular weight is 395 g/mol. The van der Waals surface area contributed by atoms with E-state index in [1.807, 2.05) is 30.1 Å². The van der Waals surface area contributed by atoms with Gasteiger partial charge in [-0.2, -0.15) is 5.10 Å². The molecule has 0 aromatic carbocycles. The van der Waals surface area contributed by atoms with E-state index in [2.05, 4.69) is 38.4 Å². The van der Waals surface area contributed by atoms with Crippen LogP contribution in [-0.4, -0.2) is 60.2 Å². The molecule has 152 valence electrons. The molecule has 0 unspecified atom stereocenters. The second-order valence-electron chi connectivity index (χ2n) is 7.94. The smallest absolute Gasteiger partial charge is 0.178 e. The third-order valence-electron chi connectivity index (χ3n) is 5.40. The average Bonchev–Trinajstić information content (AvgIpc) is 3.38. The highest BCUT2D eigenvalue weighted by molar-refractivity contribution is 5.69. The summed E-state index contributed by atoms with van der Waals surface area (Å²) in [5.41, 5.74) is 1.67. The van der Waals surface area contributed by atoms with Gasteiger partial charge in [0.25, 0.3) is 0 Å². The molecule has 0 bridgehead atoms. The Balaban J connectivity index is 1.55. The van der Waals surface area contributed by atoms with Crippen molar-refractivity contribution in [1.29, 1.82) is 0 Å². The van der Waals surface area contributed by atoms with Crippen molar-refractivity contribution in [1.82, 2.24) is 29.3 Å². The van der Waals surface area contributed by atoms with E-state index in [0.29, 0.717) is 19.7 Å². The molecule has 1 saturated heterocycles. The lowest BCUT2D eigenvalue weighted by Crippen LogP contribution is -2.22. The second-order valence-corrected chi connectivity index (χ2v) is 7.94. The fourth-order valence-corrected chi connectivity index (χ4v) is 3.96. The maximum absolute atomic E-state index is 9.82. The van der Waals surface area contributed by atoms with Crippen molar-refractivity contribution in [3.8, 4) is 28.7 Å². The fraction of sp³-hybridized carbons (Fsp3) is 0.500. The molecule has 2 aliphatic heterocycles. The molecule has 0 saturated carbocycles. The number of nitrogens with zero attached hydrogens (tertiary/aromatic N) is 7. The molecule has 0 radical (unpaired) electrons. The third kappa shape index (κ3) is 3.15. The zero-order valence-corrected chi connectivity index (χ0v) is 16.9. The Morgan fingerprint density at radius 2 is 2.07 bits per heavy atom. The van der Waals surface area contributed by atoms with Gasteiger partial charge in [0.2, 0.25) is 0 Å². The number of aryl methyl sites for hydroxylation is 1.